The first-order chi connectivity index (χ1) is 9.58. The predicted molar refractivity (Wildman–Crippen MR) is 73.2 cm³/mol. The topological polar surface area (TPSA) is 76.0 Å². The van der Waals surface area contributed by atoms with Crippen molar-refractivity contribution in [1.82, 2.24) is 0 Å². The number of aliphatic hydroxyl groups is 1. The van der Waals surface area contributed by atoms with Crippen molar-refractivity contribution >= 4 is 5.97 Å². The molecule has 0 aliphatic heterocycles. The molecule has 0 amide bonds. The first-order valence-corrected chi connectivity index (χ1v) is 6.91. The van der Waals surface area contributed by atoms with Gasteiger partial charge in [-0.3, -0.25) is 4.79 Å². The van der Waals surface area contributed by atoms with Crippen molar-refractivity contribution in [3.05, 3.63) is 23.3 Å². The molecule has 0 bridgehead atoms. The van der Waals surface area contributed by atoms with Crippen molar-refractivity contribution in [2.45, 2.75) is 32.8 Å². The second-order valence-electron chi connectivity index (χ2n) is 4.79. The van der Waals surface area contributed by atoms with Gasteiger partial charge in [0, 0.05) is 0 Å². The van der Waals surface area contributed by atoms with Gasteiger partial charge in [-0.1, -0.05) is 0 Å². The molecule has 2 atom stereocenters. The molecule has 2 N–H and O–H groups in total. The number of ether oxygens (including phenoxy) is 2. The third-order valence-corrected chi connectivity index (χ3v) is 3.55. The second-order valence-corrected chi connectivity index (χ2v) is 4.79. The SMILES string of the molecule is CCOc1cc2c(cc1OCC)C(O)C(C(=O)O)CC2. The van der Waals surface area contributed by atoms with Crippen LogP contribution < -0.4 is 9.47 Å². The maximum atomic E-state index is 11.1. The Morgan fingerprint density at radius 3 is 2.40 bits per heavy atom. The summed E-state index contributed by atoms with van der Waals surface area (Å²) in [6.45, 7) is 4.77. The number of carbonyl (C=O) groups is 1. The zero-order valence-electron chi connectivity index (χ0n) is 11.8. The minimum atomic E-state index is -0.994. The zero-order chi connectivity index (χ0) is 14.7. The summed E-state index contributed by atoms with van der Waals surface area (Å²) in [6, 6.07) is 3.56. The quantitative estimate of drug-likeness (QED) is 0.864. The number of carboxylic acids is 1. The van der Waals surface area contributed by atoms with Gasteiger partial charge in [0.1, 0.15) is 0 Å². The fraction of sp³-hybridized carbons (Fsp3) is 0.533. The van der Waals surface area contributed by atoms with E-state index in [2.05, 4.69) is 0 Å². The van der Waals surface area contributed by atoms with Crippen molar-refractivity contribution in [1.29, 1.82) is 0 Å². The molecule has 0 saturated heterocycles. The zero-order valence-corrected chi connectivity index (χ0v) is 11.8. The van der Waals surface area contributed by atoms with Crippen LogP contribution in [0.2, 0.25) is 0 Å². The first-order valence-electron chi connectivity index (χ1n) is 6.91. The van der Waals surface area contributed by atoms with Crippen molar-refractivity contribution in [2.75, 3.05) is 13.2 Å². The van der Waals surface area contributed by atoms with E-state index in [1.807, 2.05) is 19.9 Å². The number of aliphatic carboxylic acids is 1. The van der Waals surface area contributed by atoms with Crippen LogP contribution >= 0.6 is 0 Å². The number of carboxylic acid groups (broad SMARTS) is 1. The molecule has 1 aromatic rings. The van der Waals surface area contributed by atoms with Crippen LogP contribution in [0.15, 0.2) is 12.1 Å². The van der Waals surface area contributed by atoms with Gasteiger partial charge in [0.25, 0.3) is 0 Å². The molecule has 2 rings (SSSR count). The van der Waals surface area contributed by atoms with Gasteiger partial charge in [-0.25, -0.2) is 0 Å². The van der Waals surface area contributed by atoms with Crippen LogP contribution in [0, 0.1) is 5.92 Å². The van der Waals surface area contributed by atoms with Crippen molar-refractivity contribution in [3.8, 4) is 11.5 Å². The van der Waals surface area contributed by atoms with Crippen LogP contribution in [0.1, 0.15) is 37.5 Å². The van der Waals surface area contributed by atoms with Gasteiger partial charge < -0.3 is 19.7 Å². The molecule has 110 valence electrons. The van der Waals surface area contributed by atoms with Crippen LogP contribution in [-0.4, -0.2) is 29.4 Å². The number of aliphatic hydroxyl groups excluding tert-OH is 1. The average Bonchev–Trinajstić information content (AvgIpc) is 2.40. The minimum Gasteiger partial charge on any atom is -0.490 e. The number of rotatable bonds is 5. The Bertz CT molecular complexity index is 497. The van der Waals surface area contributed by atoms with Gasteiger partial charge in [-0.2, -0.15) is 0 Å². The number of hydrogen-bond donors (Lipinski definition) is 2. The van der Waals surface area contributed by atoms with Gasteiger partial charge in [-0.05, 0) is 49.9 Å². The predicted octanol–water partition coefficient (Wildman–Crippen LogP) is 2.16. The summed E-state index contributed by atoms with van der Waals surface area (Å²) < 4.78 is 11.1. The molecule has 0 spiro atoms. The van der Waals surface area contributed by atoms with Crippen LogP contribution in [0.4, 0.5) is 0 Å². The smallest absolute Gasteiger partial charge is 0.309 e. The van der Waals surface area contributed by atoms with Crippen molar-refractivity contribution < 1.29 is 24.5 Å². The first kappa shape index (κ1) is 14.7. The van der Waals surface area contributed by atoms with E-state index < -0.39 is 18.0 Å². The fourth-order valence-corrected chi connectivity index (χ4v) is 2.59. The third-order valence-electron chi connectivity index (χ3n) is 3.55. The molecule has 1 aromatic carbocycles. The number of benzene rings is 1. The van der Waals surface area contributed by atoms with Gasteiger partial charge in [-0.15, -0.1) is 0 Å². The van der Waals surface area contributed by atoms with Crippen LogP contribution in [0.5, 0.6) is 11.5 Å². The Morgan fingerprint density at radius 1 is 1.25 bits per heavy atom. The maximum Gasteiger partial charge on any atom is 0.309 e. The molecule has 1 aliphatic carbocycles. The average molecular weight is 280 g/mol. The van der Waals surface area contributed by atoms with E-state index in [4.69, 9.17) is 14.6 Å². The molecule has 5 nitrogen and oxygen atoms in total. The lowest BCUT2D eigenvalue weighted by molar-refractivity contribution is -0.146. The number of hydrogen-bond acceptors (Lipinski definition) is 4. The lowest BCUT2D eigenvalue weighted by atomic mass is 9.81. The maximum absolute atomic E-state index is 11.1. The molecule has 20 heavy (non-hydrogen) atoms. The van der Waals surface area contributed by atoms with Crippen LogP contribution in [-0.2, 0) is 11.2 Å². The van der Waals surface area contributed by atoms with Gasteiger partial charge in [0.05, 0.1) is 25.2 Å². The minimum absolute atomic E-state index is 0.434. The largest absolute Gasteiger partial charge is 0.490 e. The highest BCUT2D eigenvalue weighted by Gasteiger charge is 2.34. The highest BCUT2D eigenvalue weighted by atomic mass is 16.5. The van der Waals surface area contributed by atoms with E-state index in [-0.39, 0.29) is 0 Å². The highest BCUT2D eigenvalue weighted by molar-refractivity contribution is 5.72. The Labute approximate surface area is 118 Å². The van der Waals surface area contributed by atoms with Gasteiger partial charge in [0.2, 0.25) is 0 Å². The summed E-state index contributed by atoms with van der Waals surface area (Å²) in [5.41, 5.74) is 1.57. The van der Waals surface area contributed by atoms with E-state index in [0.717, 1.165) is 5.56 Å². The summed E-state index contributed by atoms with van der Waals surface area (Å²) in [5.74, 6) is -0.517. The van der Waals surface area contributed by atoms with E-state index in [1.54, 1.807) is 6.07 Å². The highest BCUT2D eigenvalue weighted by Crippen LogP contribution is 2.40. The Kier molecular flexibility index (Phi) is 4.49. The summed E-state index contributed by atoms with van der Waals surface area (Å²) in [5, 5.41) is 19.4. The summed E-state index contributed by atoms with van der Waals surface area (Å²) in [4.78, 5) is 11.1. The van der Waals surface area contributed by atoms with E-state index in [0.29, 0.717) is 43.1 Å². The summed E-state index contributed by atoms with van der Waals surface area (Å²) >= 11 is 0. The Hall–Kier alpha value is -1.75. The van der Waals surface area contributed by atoms with E-state index in [9.17, 15) is 9.90 Å². The summed E-state index contributed by atoms with van der Waals surface area (Å²) in [6.07, 6.45) is 0.0601. The lowest BCUT2D eigenvalue weighted by Gasteiger charge is -2.28. The molecule has 0 heterocycles. The molecule has 0 aromatic heterocycles. The second kappa shape index (κ2) is 6.13. The van der Waals surface area contributed by atoms with Gasteiger partial charge in [0.15, 0.2) is 11.5 Å². The molecule has 0 saturated carbocycles. The van der Waals surface area contributed by atoms with Gasteiger partial charge >= 0.3 is 5.97 Å². The van der Waals surface area contributed by atoms with Crippen LogP contribution in [0.3, 0.4) is 0 Å². The molecular weight excluding hydrogens is 260 g/mol. The molecular formula is C15H20O5. The normalized spacial score (nSPS) is 21.1. The standard InChI is InChI=1S/C15H20O5/c1-3-19-12-7-9-5-6-10(15(17)18)14(16)11(9)8-13(12)20-4-2/h7-8,10,14,16H,3-6H2,1-2H3,(H,17,18). The number of fused-ring (bicyclic) bond motifs is 1. The van der Waals surface area contributed by atoms with E-state index >= 15 is 0 Å². The molecule has 1 aliphatic rings. The van der Waals surface area contributed by atoms with Crippen LogP contribution in [0.25, 0.3) is 0 Å². The molecule has 0 radical (unpaired) electrons. The lowest BCUT2D eigenvalue weighted by Crippen LogP contribution is -2.27. The monoisotopic (exact) mass is 280 g/mol. The van der Waals surface area contributed by atoms with Crippen molar-refractivity contribution in [3.63, 3.8) is 0 Å². The third kappa shape index (κ3) is 2.72. The molecule has 2 unspecified atom stereocenters. The summed E-state index contributed by atoms with van der Waals surface area (Å²) in [7, 11) is 0. The fourth-order valence-electron chi connectivity index (χ4n) is 2.59. The number of aryl methyl sites for hydroxylation is 1. The Morgan fingerprint density at radius 2 is 1.85 bits per heavy atom. The van der Waals surface area contributed by atoms with E-state index in [1.165, 1.54) is 0 Å². The Balaban J connectivity index is 2.40. The van der Waals surface area contributed by atoms with Crippen molar-refractivity contribution in [2.24, 2.45) is 5.92 Å². The molecule has 5 heteroatoms. The molecule has 0 fully saturated rings.